The Morgan fingerprint density at radius 1 is 0.416 bits per heavy atom. The number of amides is 8. The Balaban J connectivity index is 0.839. The molecule has 8 aromatic rings. The first kappa shape index (κ1) is 59.3. The van der Waals surface area contributed by atoms with Crippen LogP contribution in [0.4, 0.5) is 0 Å². The molecule has 8 atom stereocenters. The average molecular weight is 1200 g/mol. The molecule has 11 N–H and O–H groups in total. The second-order valence-electron chi connectivity index (χ2n) is 23.7. The van der Waals surface area contributed by atoms with Crippen LogP contribution in [0.5, 0.6) is 5.75 Å². The van der Waals surface area contributed by atoms with Crippen LogP contribution in [0.15, 0.2) is 158 Å². The van der Waals surface area contributed by atoms with Gasteiger partial charge in [0.15, 0.2) is 0 Å². The molecule has 2 aromatic heterocycles. The van der Waals surface area contributed by atoms with E-state index in [4.69, 9.17) is 5.73 Å². The van der Waals surface area contributed by atoms with Gasteiger partial charge in [-0.25, -0.2) is 0 Å². The topological polar surface area (TPSA) is 293 Å². The highest BCUT2D eigenvalue weighted by Crippen LogP contribution is 2.33. The van der Waals surface area contributed by atoms with Crippen molar-refractivity contribution in [3.8, 4) is 16.9 Å². The van der Waals surface area contributed by atoms with Gasteiger partial charge in [-0.05, 0) is 88.4 Å². The van der Waals surface area contributed by atoms with Gasteiger partial charge in [-0.15, -0.1) is 0 Å². The van der Waals surface area contributed by atoms with Crippen LogP contribution in [0.1, 0.15) is 64.6 Å². The number of aromatic hydroxyl groups is 1. The van der Waals surface area contributed by atoms with Crippen molar-refractivity contribution in [2.75, 3.05) is 13.1 Å². The number of nitrogens with two attached hydrogens (primary N) is 1. The second-order valence-corrected chi connectivity index (χ2v) is 23.7. The van der Waals surface area contributed by atoms with Gasteiger partial charge in [0.05, 0.1) is 5.52 Å². The number of benzene rings is 6. The van der Waals surface area contributed by atoms with E-state index in [0.29, 0.717) is 61.0 Å². The fourth-order valence-corrected chi connectivity index (χ4v) is 13.1. The Morgan fingerprint density at radius 2 is 0.865 bits per heavy atom. The van der Waals surface area contributed by atoms with Crippen molar-refractivity contribution in [1.82, 2.24) is 51.7 Å². The van der Waals surface area contributed by atoms with E-state index in [9.17, 15) is 38.7 Å². The first-order chi connectivity index (χ1) is 43.2. The van der Waals surface area contributed by atoms with Gasteiger partial charge in [0.1, 0.15) is 54.1 Å². The minimum absolute atomic E-state index is 0.00805. The summed E-state index contributed by atoms with van der Waals surface area (Å²) < 4.78 is 0. The number of hydrogen-bond donors (Lipinski definition) is 10. The number of carbonyl (C=O) groups is 8. The summed E-state index contributed by atoms with van der Waals surface area (Å²) in [5.41, 5.74) is 14.1. The van der Waals surface area contributed by atoms with Crippen molar-refractivity contribution < 1.29 is 43.5 Å². The van der Waals surface area contributed by atoms with Crippen LogP contribution in [0, 0.1) is 0 Å². The van der Waals surface area contributed by atoms with E-state index in [1.165, 1.54) is 21.9 Å². The number of nitrogens with one attached hydrogen (secondary N) is 8. The summed E-state index contributed by atoms with van der Waals surface area (Å²) in [6, 6.07) is 35.4. The fraction of sp³-hybridized carbons (Fsp3) is 0.304. The zero-order chi connectivity index (χ0) is 61.7. The van der Waals surface area contributed by atoms with Gasteiger partial charge in [0, 0.05) is 92.4 Å². The molecule has 0 bridgehead atoms. The van der Waals surface area contributed by atoms with Crippen molar-refractivity contribution in [2.45, 2.75) is 119 Å². The van der Waals surface area contributed by atoms with Gasteiger partial charge in [-0.3, -0.25) is 38.4 Å². The summed E-state index contributed by atoms with van der Waals surface area (Å²) in [6.07, 6.45) is 5.74. The molecule has 456 valence electrons. The summed E-state index contributed by atoms with van der Waals surface area (Å²) in [5.74, 6) is -4.15. The maximum Gasteiger partial charge on any atom is 0.246 e. The first-order valence-corrected chi connectivity index (χ1v) is 30.5. The van der Waals surface area contributed by atoms with Gasteiger partial charge in [-0.2, -0.15) is 0 Å². The fourth-order valence-electron chi connectivity index (χ4n) is 13.1. The van der Waals surface area contributed by atoms with E-state index in [1.54, 1.807) is 24.5 Å². The summed E-state index contributed by atoms with van der Waals surface area (Å²) in [7, 11) is 0. The third-order valence-corrected chi connectivity index (χ3v) is 17.8. The number of aromatic amines is 2. The first-order valence-electron chi connectivity index (χ1n) is 30.5. The van der Waals surface area contributed by atoms with Gasteiger partial charge >= 0.3 is 0 Å². The zero-order valence-corrected chi connectivity index (χ0v) is 49.0. The van der Waals surface area contributed by atoms with E-state index >= 15 is 4.79 Å². The number of phenols is 1. The molecule has 12 rings (SSSR count). The standard InChI is InChI=1S/C69H71N11O9/c70-37-42-25-23-41(24-26-42)31-53-62(82)74-56(65(85)77-57(32-40-11-2-1-3-12-40)68(88)79-27-9-21-59(79)66(86)75-53)36-47-39-72-61-50(18-8-19-51(47)61)45-15-6-13-43(29-45)34-58-69(89)80-28-10-22-60(80)67(87)76-54(33-44-14-7-16-48(81)30-44)63(83)73-55(64(84)78-58)35-46-38-71-52-20-5-4-17-49(46)52/h1-8,11-20,23-26,29-30,38-39,53-60,71-72,81H,9-10,21-22,27-28,31-37,70H2,(H,73,83)(H,74,82)(H,75,86)(H,76,87)(H,77,85)(H,78,84)/t53-,54-,55+,56+,57-,58-,59+,60+/m0/s1. The molecule has 6 heterocycles. The number of phenolic OH excluding ortho intramolecular Hbond substituents is 1. The molecule has 4 aliphatic rings. The number of fused-ring (bicyclic) bond motifs is 4. The van der Waals surface area contributed by atoms with E-state index < -0.39 is 89.7 Å². The molecule has 6 aromatic carbocycles. The normalized spacial score (nSPS) is 23.0. The van der Waals surface area contributed by atoms with Gasteiger partial charge in [0.2, 0.25) is 47.3 Å². The smallest absolute Gasteiger partial charge is 0.246 e. The number of hydrogen-bond acceptors (Lipinski definition) is 10. The van der Waals surface area contributed by atoms with Crippen molar-refractivity contribution in [2.24, 2.45) is 5.73 Å². The van der Waals surface area contributed by atoms with Gasteiger partial charge < -0.3 is 62.5 Å². The summed E-state index contributed by atoms with van der Waals surface area (Å²) >= 11 is 0. The van der Waals surface area contributed by atoms with E-state index in [-0.39, 0.29) is 56.7 Å². The van der Waals surface area contributed by atoms with Crippen LogP contribution in [-0.2, 0) is 83.4 Å². The summed E-state index contributed by atoms with van der Waals surface area (Å²) in [5, 5.41) is 29.8. The van der Waals surface area contributed by atoms with Crippen molar-refractivity contribution in [3.05, 3.63) is 197 Å². The maximum atomic E-state index is 15.1. The molecule has 89 heavy (non-hydrogen) atoms. The summed E-state index contributed by atoms with van der Waals surface area (Å²) in [6.45, 7) is 0.892. The Hall–Kier alpha value is -10.1. The van der Waals surface area contributed by atoms with Crippen LogP contribution in [0.2, 0.25) is 0 Å². The minimum atomic E-state index is -1.21. The van der Waals surface area contributed by atoms with Crippen molar-refractivity contribution in [1.29, 1.82) is 0 Å². The van der Waals surface area contributed by atoms with Crippen LogP contribution in [0.3, 0.4) is 0 Å². The van der Waals surface area contributed by atoms with Crippen LogP contribution in [0.25, 0.3) is 32.9 Å². The lowest BCUT2D eigenvalue weighted by atomic mass is 9.95. The molecular formula is C69H71N11O9. The SMILES string of the molecule is NCc1ccc(C[C@@H]2NC(=O)[C@H]3CCCN3C(=O)[C@H](Cc3ccccc3)NC(=O)[C@@H](Cc3c[nH]c4c(-c5cccc(C[C@@H]6NC(=O)[C@@H](Cc7c[nH]c8ccccc78)NC(=O)[C@H](Cc7cccc(O)c7)NC(=O)[C@H]7CCCN7C6=O)c5)cccc34)NC2=O)cc1. The number of nitrogens with zero attached hydrogens (tertiary/aromatic N) is 2. The highest BCUT2D eigenvalue weighted by Gasteiger charge is 2.43. The highest BCUT2D eigenvalue weighted by molar-refractivity contribution is 6.01. The monoisotopic (exact) mass is 1200 g/mol. The van der Waals surface area contributed by atoms with Crippen molar-refractivity contribution >= 4 is 69.1 Å². The number of para-hydroxylation sites is 2. The van der Waals surface area contributed by atoms with E-state index in [1.807, 2.05) is 121 Å². The molecule has 0 aliphatic carbocycles. The average Bonchev–Trinajstić information content (AvgIpc) is 2.62. The Kier molecular flexibility index (Phi) is 17.4. The molecular weight excluding hydrogens is 1130 g/mol. The zero-order valence-electron chi connectivity index (χ0n) is 49.0. The molecule has 0 saturated carbocycles. The van der Waals surface area contributed by atoms with Crippen molar-refractivity contribution in [3.63, 3.8) is 0 Å². The van der Waals surface area contributed by atoms with Crippen LogP contribution >= 0.6 is 0 Å². The number of rotatable bonds is 14. The predicted molar refractivity (Wildman–Crippen MR) is 334 cm³/mol. The molecule has 8 amide bonds. The lowest BCUT2D eigenvalue weighted by Gasteiger charge is -2.32. The lowest BCUT2D eigenvalue weighted by molar-refractivity contribution is -0.143. The molecule has 0 radical (unpaired) electrons. The number of aromatic nitrogens is 2. The Bertz CT molecular complexity index is 3990. The maximum absolute atomic E-state index is 15.1. The van der Waals surface area contributed by atoms with E-state index in [2.05, 4.69) is 41.9 Å². The van der Waals surface area contributed by atoms with Gasteiger partial charge in [0.25, 0.3) is 0 Å². The highest BCUT2D eigenvalue weighted by atomic mass is 16.3. The lowest BCUT2D eigenvalue weighted by Crippen LogP contribution is -2.62. The molecule has 4 fully saturated rings. The third kappa shape index (κ3) is 13.1. The van der Waals surface area contributed by atoms with Crippen LogP contribution in [-0.4, -0.2) is 134 Å². The molecule has 0 unspecified atom stereocenters. The second kappa shape index (κ2) is 26.1. The van der Waals surface area contributed by atoms with Crippen LogP contribution < -0.4 is 37.6 Å². The Labute approximate surface area is 513 Å². The Morgan fingerprint density at radius 3 is 1.48 bits per heavy atom. The predicted octanol–water partition coefficient (Wildman–Crippen LogP) is 4.45. The quantitative estimate of drug-likeness (QED) is 0.0730. The number of H-pyrrole nitrogens is 2. The summed E-state index contributed by atoms with van der Waals surface area (Å²) in [4.78, 5) is 127. The molecule has 4 saturated heterocycles. The largest absolute Gasteiger partial charge is 0.508 e. The molecule has 4 aliphatic heterocycles. The molecule has 20 heteroatoms. The number of carbonyl (C=O) groups excluding carboxylic acids is 8. The molecule has 20 nitrogen and oxygen atoms in total. The van der Waals surface area contributed by atoms with E-state index in [0.717, 1.165) is 49.7 Å². The third-order valence-electron chi connectivity index (χ3n) is 17.8. The molecule has 0 spiro atoms. The van der Waals surface area contributed by atoms with Gasteiger partial charge in [-0.1, -0.05) is 127 Å². The minimum Gasteiger partial charge on any atom is -0.508 e.